The maximum atomic E-state index is 13.6. The first-order valence-electron chi connectivity index (χ1n) is 10.2. The van der Waals surface area contributed by atoms with E-state index in [-0.39, 0.29) is 5.82 Å². The molecular formula is C26H20FN3OS. The second kappa shape index (κ2) is 8.85. The molecule has 2 aromatic heterocycles. The Morgan fingerprint density at radius 3 is 2.50 bits per heavy atom. The normalized spacial score (nSPS) is 11.1. The Bertz CT molecular complexity index is 1370. The first kappa shape index (κ1) is 20.3. The largest absolute Gasteiger partial charge is 0.497 e. The van der Waals surface area contributed by atoms with Crippen LogP contribution in [0.1, 0.15) is 5.56 Å². The number of thioether (sulfide) groups is 1. The molecule has 0 radical (unpaired) electrons. The Hall–Kier alpha value is -3.64. The van der Waals surface area contributed by atoms with Gasteiger partial charge in [0.1, 0.15) is 28.6 Å². The number of ether oxygens (including phenoxy) is 1. The van der Waals surface area contributed by atoms with Crippen molar-refractivity contribution < 1.29 is 9.13 Å². The van der Waals surface area contributed by atoms with E-state index in [4.69, 9.17) is 4.74 Å². The van der Waals surface area contributed by atoms with Crippen LogP contribution in [0.4, 0.5) is 4.39 Å². The van der Waals surface area contributed by atoms with Crippen molar-refractivity contribution in [1.82, 2.24) is 14.5 Å². The Labute approximate surface area is 189 Å². The highest BCUT2D eigenvalue weighted by molar-refractivity contribution is 7.98. The van der Waals surface area contributed by atoms with Crippen molar-refractivity contribution in [3.63, 3.8) is 0 Å². The van der Waals surface area contributed by atoms with Gasteiger partial charge >= 0.3 is 0 Å². The van der Waals surface area contributed by atoms with Gasteiger partial charge in [-0.1, -0.05) is 42.5 Å². The Kier molecular flexibility index (Phi) is 5.60. The van der Waals surface area contributed by atoms with Gasteiger partial charge in [-0.25, -0.2) is 14.4 Å². The zero-order chi connectivity index (χ0) is 21.9. The number of methoxy groups -OCH3 is 1. The third-order valence-electron chi connectivity index (χ3n) is 5.25. The zero-order valence-corrected chi connectivity index (χ0v) is 18.2. The van der Waals surface area contributed by atoms with Crippen molar-refractivity contribution in [3.05, 3.63) is 103 Å². The van der Waals surface area contributed by atoms with Crippen molar-refractivity contribution in [2.75, 3.05) is 7.11 Å². The fraction of sp³-hybridized carbons (Fsp3) is 0.0769. The van der Waals surface area contributed by atoms with Crippen molar-refractivity contribution in [3.8, 4) is 22.6 Å². The van der Waals surface area contributed by atoms with Gasteiger partial charge in [-0.2, -0.15) is 0 Å². The summed E-state index contributed by atoms with van der Waals surface area (Å²) in [4.78, 5) is 9.21. The van der Waals surface area contributed by atoms with E-state index in [1.807, 2.05) is 48.5 Å². The van der Waals surface area contributed by atoms with Gasteiger partial charge in [0.15, 0.2) is 0 Å². The van der Waals surface area contributed by atoms with Gasteiger partial charge < -0.3 is 9.30 Å². The van der Waals surface area contributed by atoms with Gasteiger partial charge in [0.05, 0.1) is 12.5 Å². The van der Waals surface area contributed by atoms with Gasteiger partial charge in [-0.3, -0.25) is 0 Å². The molecule has 0 saturated carbocycles. The zero-order valence-electron chi connectivity index (χ0n) is 17.4. The average molecular weight is 442 g/mol. The van der Waals surface area contributed by atoms with E-state index < -0.39 is 0 Å². The number of hydrogen-bond donors (Lipinski definition) is 0. The molecule has 0 spiro atoms. The van der Waals surface area contributed by atoms with Crippen molar-refractivity contribution in [2.24, 2.45) is 0 Å². The van der Waals surface area contributed by atoms with E-state index in [9.17, 15) is 4.39 Å². The predicted octanol–water partition coefficient (Wildman–Crippen LogP) is 6.53. The minimum absolute atomic E-state index is 0.230. The first-order chi connectivity index (χ1) is 15.7. The summed E-state index contributed by atoms with van der Waals surface area (Å²) in [5, 5.41) is 1.85. The molecule has 0 bridgehead atoms. The number of halogens is 1. The van der Waals surface area contributed by atoms with E-state index in [1.54, 1.807) is 37.3 Å². The van der Waals surface area contributed by atoms with E-state index in [0.717, 1.165) is 44.2 Å². The van der Waals surface area contributed by atoms with Gasteiger partial charge in [0.2, 0.25) is 0 Å². The lowest BCUT2D eigenvalue weighted by molar-refractivity contribution is 0.415. The smallest absolute Gasteiger partial charge is 0.149 e. The number of benzene rings is 3. The van der Waals surface area contributed by atoms with Crippen LogP contribution >= 0.6 is 11.8 Å². The molecule has 0 unspecified atom stereocenters. The molecule has 0 amide bonds. The summed E-state index contributed by atoms with van der Waals surface area (Å²) >= 11 is 1.58. The first-order valence-corrected chi connectivity index (χ1v) is 11.1. The SMILES string of the molecule is COc1ccc(-n2cc(-c3ccccc3)c3c(SCc4cccc(F)c4)ncnc32)cc1. The predicted molar refractivity (Wildman–Crippen MR) is 127 cm³/mol. The number of nitrogens with zero attached hydrogens (tertiary/aromatic N) is 3. The lowest BCUT2D eigenvalue weighted by Crippen LogP contribution is -1.95. The summed E-state index contributed by atoms with van der Waals surface area (Å²) in [5.41, 5.74) is 4.87. The van der Waals surface area contributed by atoms with Crippen LogP contribution in [0.5, 0.6) is 5.75 Å². The molecule has 4 nitrogen and oxygen atoms in total. The molecular weight excluding hydrogens is 421 g/mol. The summed E-state index contributed by atoms with van der Waals surface area (Å²) in [5.74, 6) is 1.19. The molecule has 5 aromatic rings. The third kappa shape index (κ3) is 3.97. The lowest BCUT2D eigenvalue weighted by Gasteiger charge is -2.07. The van der Waals surface area contributed by atoms with E-state index in [2.05, 4.69) is 32.9 Å². The molecule has 0 N–H and O–H groups in total. The minimum atomic E-state index is -0.230. The minimum Gasteiger partial charge on any atom is -0.497 e. The monoisotopic (exact) mass is 441 g/mol. The Morgan fingerprint density at radius 2 is 1.75 bits per heavy atom. The summed E-state index contributed by atoms with van der Waals surface area (Å²) in [7, 11) is 1.66. The summed E-state index contributed by atoms with van der Waals surface area (Å²) < 4.78 is 21.0. The number of aromatic nitrogens is 3. The topological polar surface area (TPSA) is 39.9 Å². The highest BCUT2D eigenvalue weighted by atomic mass is 32.2. The van der Waals surface area contributed by atoms with Crippen molar-refractivity contribution >= 4 is 22.8 Å². The fourth-order valence-electron chi connectivity index (χ4n) is 3.70. The van der Waals surface area contributed by atoms with Crippen LogP contribution in [0.2, 0.25) is 0 Å². The highest BCUT2D eigenvalue weighted by Gasteiger charge is 2.18. The molecule has 0 aliphatic carbocycles. The second-order valence-electron chi connectivity index (χ2n) is 7.27. The second-order valence-corrected chi connectivity index (χ2v) is 8.24. The standard InChI is InChI=1S/C26H20FN3OS/c1-31-22-12-10-21(11-13-22)30-15-23(19-7-3-2-4-8-19)24-25(30)28-17-29-26(24)32-16-18-6-5-9-20(27)14-18/h2-15,17H,16H2,1H3. The van der Waals surface area contributed by atoms with E-state index in [0.29, 0.717) is 5.75 Å². The molecule has 3 aromatic carbocycles. The van der Waals surface area contributed by atoms with Crippen molar-refractivity contribution in [2.45, 2.75) is 10.8 Å². The lowest BCUT2D eigenvalue weighted by atomic mass is 10.1. The Balaban J connectivity index is 1.64. The summed E-state index contributed by atoms with van der Waals surface area (Å²) in [6, 6.07) is 24.8. The maximum Gasteiger partial charge on any atom is 0.149 e. The van der Waals surface area contributed by atoms with Gasteiger partial charge in [0.25, 0.3) is 0 Å². The summed E-state index contributed by atoms with van der Waals surface area (Å²) in [6.07, 6.45) is 3.69. The van der Waals surface area contributed by atoms with Crippen LogP contribution in [-0.4, -0.2) is 21.6 Å². The van der Waals surface area contributed by atoms with E-state index in [1.165, 1.54) is 6.07 Å². The molecule has 0 saturated heterocycles. The van der Waals surface area contributed by atoms with Crippen LogP contribution in [-0.2, 0) is 5.75 Å². The molecule has 0 fully saturated rings. The number of fused-ring (bicyclic) bond motifs is 1. The van der Waals surface area contributed by atoms with Gasteiger partial charge in [-0.15, -0.1) is 11.8 Å². The molecule has 5 rings (SSSR count). The molecule has 6 heteroatoms. The maximum absolute atomic E-state index is 13.6. The number of hydrogen-bond acceptors (Lipinski definition) is 4. The molecule has 32 heavy (non-hydrogen) atoms. The van der Waals surface area contributed by atoms with Crippen LogP contribution in [0.3, 0.4) is 0 Å². The molecule has 2 heterocycles. The average Bonchev–Trinajstić information content (AvgIpc) is 3.24. The van der Waals surface area contributed by atoms with Gasteiger partial charge in [0, 0.05) is 23.2 Å². The third-order valence-corrected chi connectivity index (χ3v) is 6.31. The van der Waals surface area contributed by atoms with Crippen LogP contribution in [0.25, 0.3) is 27.8 Å². The molecule has 158 valence electrons. The molecule has 0 aliphatic rings. The molecule has 0 aliphatic heterocycles. The number of rotatable bonds is 6. The van der Waals surface area contributed by atoms with Crippen molar-refractivity contribution in [1.29, 1.82) is 0 Å². The summed E-state index contributed by atoms with van der Waals surface area (Å²) in [6.45, 7) is 0. The van der Waals surface area contributed by atoms with Crippen LogP contribution < -0.4 is 4.74 Å². The highest BCUT2D eigenvalue weighted by Crippen LogP contribution is 2.37. The Morgan fingerprint density at radius 1 is 0.938 bits per heavy atom. The van der Waals surface area contributed by atoms with Crippen LogP contribution in [0.15, 0.2) is 96.4 Å². The van der Waals surface area contributed by atoms with Crippen LogP contribution in [0, 0.1) is 5.82 Å². The molecule has 0 atom stereocenters. The van der Waals surface area contributed by atoms with E-state index >= 15 is 0 Å². The van der Waals surface area contributed by atoms with Gasteiger partial charge in [-0.05, 0) is 47.5 Å². The quantitative estimate of drug-likeness (QED) is 0.222. The fourth-order valence-corrected chi connectivity index (χ4v) is 4.65.